The Morgan fingerprint density at radius 3 is 2.77 bits per heavy atom. The second-order valence-electron chi connectivity index (χ2n) is 9.01. The summed E-state index contributed by atoms with van der Waals surface area (Å²) < 4.78 is 11.6. The zero-order chi connectivity index (χ0) is 20.7. The van der Waals surface area contributed by atoms with E-state index in [1.54, 1.807) is 11.2 Å². The van der Waals surface area contributed by atoms with Crippen molar-refractivity contribution >= 4 is 35.2 Å². The molecule has 0 radical (unpaired) electrons. The minimum atomic E-state index is -0.725. The molecule has 6 rings (SSSR count). The highest BCUT2D eigenvalue weighted by Gasteiger charge is 2.54. The van der Waals surface area contributed by atoms with Crippen LogP contribution in [0, 0.1) is 0 Å². The van der Waals surface area contributed by atoms with Gasteiger partial charge in [0.1, 0.15) is 11.8 Å². The van der Waals surface area contributed by atoms with Crippen molar-refractivity contribution in [2.75, 3.05) is 16.4 Å². The van der Waals surface area contributed by atoms with Gasteiger partial charge in [0.2, 0.25) is 0 Å². The summed E-state index contributed by atoms with van der Waals surface area (Å²) >= 11 is 6.30. The van der Waals surface area contributed by atoms with Gasteiger partial charge in [0.25, 0.3) is 11.8 Å². The van der Waals surface area contributed by atoms with Crippen molar-refractivity contribution in [3.8, 4) is 0 Å². The Morgan fingerprint density at radius 1 is 1.20 bits per heavy atom. The highest BCUT2D eigenvalue weighted by molar-refractivity contribution is 6.31. The maximum atomic E-state index is 13.9. The molecular weight excluding hydrogens is 406 g/mol. The number of ether oxygens (including phenoxy) is 1. The first-order valence-electron chi connectivity index (χ1n) is 10.3. The SMILES string of the molecule is CC1(c2noc(C3N=CN4c5ccc(Cl)cc5N(C5(C)CCCO5)C(=O)C34)n2)CC1. The Morgan fingerprint density at radius 2 is 2.03 bits per heavy atom. The topological polar surface area (TPSA) is 84.1 Å². The minimum Gasteiger partial charge on any atom is -0.355 e. The molecule has 0 bridgehead atoms. The van der Waals surface area contributed by atoms with Gasteiger partial charge in [-0.15, -0.1) is 0 Å². The molecule has 4 aliphatic rings. The quantitative estimate of drug-likeness (QED) is 0.744. The lowest BCUT2D eigenvalue weighted by Gasteiger charge is -2.46. The molecule has 2 fully saturated rings. The van der Waals surface area contributed by atoms with Crippen LogP contribution in [0.15, 0.2) is 27.7 Å². The summed E-state index contributed by atoms with van der Waals surface area (Å²) in [7, 11) is 0. The van der Waals surface area contributed by atoms with Gasteiger partial charge in [0.15, 0.2) is 11.9 Å². The number of benzene rings is 1. The molecule has 0 spiro atoms. The summed E-state index contributed by atoms with van der Waals surface area (Å²) in [5.74, 6) is 0.976. The summed E-state index contributed by atoms with van der Waals surface area (Å²) in [6, 6.07) is 4.40. The Hall–Kier alpha value is -2.45. The average molecular weight is 428 g/mol. The number of hydrogen-bond donors (Lipinski definition) is 0. The van der Waals surface area contributed by atoms with Gasteiger partial charge in [0.05, 0.1) is 17.7 Å². The number of nitrogens with zero attached hydrogens (tertiary/aromatic N) is 5. The fourth-order valence-electron chi connectivity index (χ4n) is 4.70. The van der Waals surface area contributed by atoms with Crippen molar-refractivity contribution in [3.05, 3.63) is 34.9 Å². The monoisotopic (exact) mass is 427 g/mol. The van der Waals surface area contributed by atoms with Crippen LogP contribution < -0.4 is 9.80 Å². The minimum absolute atomic E-state index is 0.0130. The lowest BCUT2D eigenvalue weighted by Crippen LogP contribution is -2.60. The van der Waals surface area contributed by atoms with Crippen LogP contribution in [0.1, 0.15) is 57.3 Å². The van der Waals surface area contributed by atoms with Crippen molar-refractivity contribution in [1.29, 1.82) is 0 Å². The van der Waals surface area contributed by atoms with E-state index in [1.165, 1.54) is 0 Å². The number of aliphatic imine (C=N–C) groups is 1. The normalized spacial score (nSPS) is 31.2. The summed E-state index contributed by atoms with van der Waals surface area (Å²) in [5.41, 5.74) is 0.857. The lowest BCUT2D eigenvalue weighted by atomic mass is 9.97. The molecule has 1 aromatic carbocycles. The summed E-state index contributed by atoms with van der Waals surface area (Å²) in [6.07, 6.45) is 5.44. The summed E-state index contributed by atoms with van der Waals surface area (Å²) in [4.78, 5) is 26.7. The lowest BCUT2D eigenvalue weighted by molar-refractivity contribution is -0.125. The number of carbonyl (C=O) groups excluding carboxylic acids is 1. The Balaban J connectivity index is 1.44. The van der Waals surface area contributed by atoms with E-state index in [4.69, 9.17) is 20.9 Å². The van der Waals surface area contributed by atoms with Gasteiger partial charge >= 0.3 is 0 Å². The van der Waals surface area contributed by atoms with Crippen molar-refractivity contribution in [2.45, 2.75) is 62.8 Å². The van der Waals surface area contributed by atoms with Gasteiger partial charge in [-0.2, -0.15) is 4.98 Å². The van der Waals surface area contributed by atoms with Gasteiger partial charge < -0.3 is 14.2 Å². The number of amides is 1. The van der Waals surface area contributed by atoms with E-state index >= 15 is 0 Å². The number of rotatable bonds is 3. The number of aromatic nitrogens is 2. The van der Waals surface area contributed by atoms with Gasteiger partial charge in [-0.1, -0.05) is 23.7 Å². The van der Waals surface area contributed by atoms with E-state index in [0.29, 0.717) is 23.3 Å². The predicted molar refractivity (Wildman–Crippen MR) is 111 cm³/mol. The van der Waals surface area contributed by atoms with Crippen LogP contribution in [0.4, 0.5) is 11.4 Å². The molecule has 1 aromatic heterocycles. The molecule has 2 aromatic rings. The van der Waals surface area contributed by atoms with Gasteiger partial charge in [-0.3, -0.25) is 14.7 Å². The molecule has 156 valence electrons. The molecule has 9 heteroatoms. The van der Waals surface area contributed by atoms with E-state index in [0.717, 1.165) is 37.1 Å². The molecule has 0 N–H and O–H groups in total. The van der Waals surface area contributed by atoms with Crippen LogP contribution in [-0.2, 0) is 14.9 Å². The van der Waals surface area contributed by atoms with E-state index in [1.807, 2.05) is 30.0 Å². The van der Waals surface area contributed by atoms with Crippen LogP contribution >= 0.6 is 11.6 Å². The zero-order valence-corrected chi connectivity index (χ0v) is 17.6. The molecule has 8 nitrogen and oxygen atoms in total. The fourth-order valence-corrected chi connectivity index (χ4v) is 4.87. The maximum absolute atomic E-state index is 13.9. The first-order valence-corrected chi connectivity index (χ1v) is 10.7. The third-order valence-corrected chi connectivity index (χ3v) is 7.02. The number of hydrogen-bond acceptors (Lipinski definition) is 7. The van der Waals surface area contributed by atoms with E-state index in [-0.39, 0.29) is 11.3 Å². The van der Waals surface area contributed by atoms with Crippen molar-refractivity contribution in [3.63, 3.8) is 0 Å². The molecule has 1 saturated heterocycles. The molecule has 1 aliphatic carbocycles. The van der Waals surface area contributed by atoms with Crippen LogP contribution in [-0.4, -0.2) is 40.8 Å². The standard InChI is InChI=1S/C21H22ClN5O3/c1-20(7-8-20)19-24-17(30-25-19)15-16-18(28)27(21(2)6-3-9-29-21)14-10-12(22)4-5-13(14)26(16)11-23-15/h4-5,10-11,15-16H,3,6-9H2,1-2H3. The van der Waals surface area contributed by atoms with E-state index in [2.05, 4.69) is 22.1 Å². The highest BCUT2D eigenvalue weighted by Crippen LogP contribution is 2.49. The average Bonchev–Trinajstić information content (AvgIpc) is 3.15. The molecule has 30 heavy (non-hydrogen) atoms. The van der Waals surface area contributed by atoms with Crippen molar-refractivity contribution in [1.82, 2.24) is 10.1 Å². The van der Waals surface area contributed by atoms with Crippen LogP contribution in [0.25, 0.3) is 0 Å². The second kappa shape index (κ2) is 6.04. The van der Waals surface area contributed by atoms with Crippen LogP contribution in [0.3, 0.4) is 0 Å². The molecule has 1 saturated carbocycles. The maximum Gasteiger partial charge on any atom is 0.255 e. The fraction of sp³-hybridized carbons (Fsp3) is 0.524. The smallest absolute Gasteiger partial charge is 0.255 e. The van der Waals surface area contributed by atoms with E-state index < -0.39 is 17.8 Å². The number of halogens is 1. The number of carbonyl (C=O) groups is 1. The summed E-state index contributed by atoms with van der Waals surface area (Å²) in [6.45, 7) is 4.70. The predicted octanol–water partition coefficient (Wildman–Crippen LogP) is 3.61. The third kappa shape index (κ3) is 2.50. The van der Waals surface area contributed by atoms with Gasteiger partial charge in [-0.25, -0.2) is 0 Å². The third-order valence-electron chi connectivity index (χ3n) is 6.79. The highest BCUT2D eigenvalue weighted by atomic mass is 35.5. The first kappa shape index (κ1) is 18.3. The van der Waals surface area contributed by atoms with Gasteiger partial charge in [0, 0.05) is 17.0 Å². The summed E-state index contributed by atoms with van der Waals surface area (Å²) in [5, 5.41) is 4.75. The van der Waals surface area contributed by atoms with Crippen LogP contribution in [0.2, 0.25) is 5.02 Å². The number of fused-ring (bicyclic) bond motifs is 3. The Labute approximate surface area is 178 Å². The largest absolute Gasteiger partial charge is 0.355 e. The molecule has 3 aliphatic heterocycles. The van der Waals surface area contributed by atoms with Crippen molar-refractivity contribution in [2.24, 2.45) is 4.99 Å². The molecule has 3 atom stereocenters. The molecular formula is C21H22ClN5O3. The molecule has 3 unspecified atom stereocenters. The van der Waals surface area contributed by atoms with E-state index in [9.17, 15) is 4.79 Å². The van der Waals surface area contributed by atoms with Gasteiger partial charge in [-0.05, 0) is 50.8 Å². The molecule has 4 heterocycles. The zero-order valence-electron chi connectivity index (χ0n) is 16.8. The van der Waals surface area contributed by atoms with Crippen LogP contribution in [0.5, 0.6) is 0 Å². The Bertz CT molecular complexity index is 1070. The number of anilines is 2. The molecule has 1 amide bonds. The first-order chi connectivity index (χ1) is 14.4. The Kier molecular flexibility index (Phi) is 3.69. The second-order valence-corrected chi connectivity index (χ2v) is 9.45. The van der Waals surface area contributed by atoms with Crippen molar-refractivity contribution < 1.29 is 14.1 Å².